The van der Waals surface area contributed by atoms with Gasteiger partial charge in [0, 0.05) is 23.9 Å². The first-order chi connectivity index (χ1) is 15.8. The fourth-order valence-corrected chi connectivity index (χ4v) is 4.89. The van der Waals surface area contributed by atoms with Gasteiger partial charge in [0.25, 0.3) is 0 Å². The Hall–Kier alpha value is -3.44. The average molecular weight is 444 g/mol. The fraction of sp³-hybridized carbons (Fsp3) is 0.250. The monoisotopic (exact) mass is 443 g/mol. The van der Waals surface area contributed by atoms with Crippen LogP contribution in [0, 0.1) is 12.7 Å². The van der Waals surface area contributed by atoms with Crippen LogP contribution >= 0.6 is 0 Å². The first-order valence-electron chi connectivity index (χ1n) is 11.1. The lowest BCUT2D eigenvalue weighted by Crippen LogP contribution is -2.42. The molecule has 5 heteroatoms. The number of hydrogen-bond acceptors (Lipinski definition) is 3. The minimum absolute atomic E-state index is 0.196. The minimum atomic E-state index is -0.989. The number of anilines is 2. The van der Waals surface area contributed by atoms with Gasteiger partial charge in [-0.1, -0.05) is 24.3 Å². The predicted octanol–water partition coefficient (Wildman–Crippen LogP) is 6.76. The molecular weight excluding hydrogens is 417 g/mol. The topological polar surface area (TPSA) is 49.8 Å². The second-order valence-electron chi connectivity index (χ2n) is 8.92. The van der Waals surface area contributed by atoms with E-state index in [1.165, 1.54) is 24.5 Å². The second-order valence-corrected chi connectivity index (χ2v) is 8.92. The van der Waals surface area contributed by atoms with Crippen molar-refractivity contribution in [2.45, 2.75) is 38.3 Å². The molecule has 168 valence electrons. The quantitative estimate of drug-likeness (QED) is 0.473. The Bertz CT molecular complexity index is 1280. The minimum Gasteiger partial charge on any atom is -0.478 e. The van der Waals surface area contributed by atoms with E-state index in [9.17, 15) is 9.90 Å². The first-order valence-corrected chi connectivity index (χ1v) is 11.1. The number of aryl methyl sites for hydroxylation is 1. The van der Waals surface area contributed by atoms with Crippen LogP contribution in [0.5, 0.6) is 0 Å². The molecule has 0 saturated heterocycles. The average Bonchev–Trinajstić information content (AvgIpc) is 3.61. The van der Waals surface area contributed by atoms with Gasteiger partial charge < -0.3 is 14.7 Å². The summed E-state index contributed by atoms with van der Waals surface area (Å²) in [6.45, 7) is 4.01. The van der Waals surface area contributed by atoms with E-state index in [4.69, 9.17) is 4.74 Å². The van der Waals surface area contributed by atoms with Crippen molar-refractivity contribution >= 4 is 29.0 Å². The molecule has 1 unspecified atom stereocenters. The lowest BCUT2D eigenvalue weighted by molar-refractivity contribution is 0.0680. The molecule has 3 aromatic rings. The SMILES string of the molecule is COC1(C)/C(=C\c2c(C)cccc2C2CC2)c2c(F)cccc2N1c1ccc(C(=O)O)cc1. The van der Waals surface area contributed by atoms with Crippen LogP contribution in [0.3, 0.4) is 0 Å². The molecule has 1 fully saturated rings. The van der Waals surface area contributed by atoms with Crippen LogP contribution in [0.15, 0.2) is 60.7 Å². The van der Waals surface area contributed by atoms with Crippen LogP contribution in [0.2, 0.25) is 0 Å². The predicted molar refractivity (Wildman–Crippen MR) is 128 cm³/mol. The molecule has 0 bridgehead atoms. The molecule has 1 aliphatic heterocycles. The maximum absolute atomic E-state index is 15.4. The number of hydrogen-bond donors (Lipinski definition) is 1. The summed E-state index contributed by atoms with van der Waals surface area (Å²) in [7, 11) is 1.62. The van der Waals surface area contributed by atoms with E-state index in [0.717, 1.165) is 22.4 Å². The first kappa shape index (κ1) is 21.4. The summed E-state index contributed by atoms with van der Waals surface area (Å²) < 4.78 is 21.4. The zero-order chi connectivity index (χ0) is 23.3. The molecule has 1 atom stereocenters. The maximum Gasteiger partial charge on any atom is 0.335 e. The van der Waals surface area contributed by atoms with E-state index in [1.807, 2.05) is 17.9 Å². The Kier molecular flexibility index (Phi) is 5.09. The molecule has 1 heterocycles. The fourth-order valence-electron chi connectivity index (χ4n) is 4.89. The Morgan fingerprint density at radius 2 is 1.82 bits per heavy atom. The number of carboxylic acids is 1. The summed E-state index contributed by atoms with van der Waals surface area (Å²) in [6, 6.07) is 18.0. The number of rotatable bonds is 5. The van der Waals surface area contributed by atoms with Crippen molar-refractivity contribution in [1.29, 1.82) is 0 Å². The number of ether oxygens (including phenoxy) is 1. The van der Waals surface area contributed by atoms with E-state index in [2.05, 4.69) is 31.2 Å². The number of benzene rings is 3. The standard InChI is InChI=1S/C28H26FNO3/c1-17-6-4-7-21(18-10-11-18)22(17)16-23-26-24(29)8-5-9-25(26)30(28(23,2)33-3)20-14-12-19(13-15-20)27(31)32/h4-9,12-16,18H,10-11H2,1-3H3,(H,31,32)/b23-16-. The molecule has 2 aliphatic rings. The van der Waals surface area contributed by atoms with Gasteiger partial charge in [-0.15, -0.1) is 0 Å². The third kappa shape index (κ3) is 3.44. The van der Waals surface area contributed by atoms with Crippen molar-refractivity contribution in [2.75, 3.05) is 12.0 Å². The lowest BCUT2D eigenvalue weighted by Gasteiger charge is -2.37. The van der Waals surface area contributed by atoms with E-state index in [1.54, 1.807) is 37.4 Å². The Labute approximate surface area is 192 Å². The summed E-state index contributed by atoms with van der Waals surface area (Å²) in [6.07, 6.45) is 4.43. The van der Waals surface area contributed by atoms with Gasteiger partial charge in [-0.05, 0) is 91.8 Å². The van der Waals surface area contributed by atoms with Crippen LogP contribution in [-0.2, 0) is 4.74 Å². The van der Waals surface area contributed by atoms with Gasteiger partial charge in [-0.3, -0.25) is 0 Å². The van der Waals surface area contributed by atoms with Gasteiger partial charge in [0.05, 0.1) is 11.3 Å². The van der Waals surface area contributed by atoms with Crippen molar-refractivity contribution < 1.29 is 19.0 Å². The number of halogens is 1. The normalized spacial score (nSPS) is 20.8. The number of nitrogens with zero attached hydrogens (tertiary/aromatic N) is 1. The smallest absolute Gasteiger partial charge is 0.335 e. The van der Waals surface area contributed by atoms with Crippen LogP contribution in [0.1, 0.15) is 58.3 Å². The molecule has 0 amide bonds. The second kappa shape index (κ2) is 7.85. The lowest BCUT2D eigenvalue weighted by atomic mass is 9.91. The molecule has 3 aromatic carbocycles. The molecule has 33 heavy (non-hydrogen) atoms. The van der Waals surface area contributed by atoms with E-state index >= 15 is 4.39 Å². The highest BCUT2D eigenvalue weighted by molar-refractivity contribution is 6.01. The maximum atomic E-state index is 15.4. The van der Waals surface area contributed by atoms with Gasteiger partial charge in [0.1, 0.15) is 5.82 Å². The van der Waals surface area contributed by atoms with Crippen molar-refractivity contribution in [2.24, 2.45) is 0 Å². The number of fused-ring (bicyclic) bond motifs is 1. The van der Waals surface area contributed by atoms with Gasteiger partial charge in [0.15, 0.2) is 5.72 Å². The van der Waals surface area contributed by atoms with Gasteiger partial charge in [-0.2, -0.15) is 0 Å². The van der Waals surface area contributed by atoms with Crippen LogP contribution in [0.4, 0.5) is 15.8 Å². The summed E-state index contributed by atoms with van der Waals surface area (Å²) in [5, 5.41) is 9.30. The zero-order valence-electron chi connectivity index (χ0n) is 18.9. The third-order valence-corrected chi connectivity index (χ3v) is 6.86. The van der Waals surface area contributed by atoms with Crippen LogP contribution in [0.25, 0.3) is 11.6 Å². The van der Waals surface area contributed by atoms with Crippen LogP contribution < -0.4 is 4.90 Å². The van der Waals surface area contributed by atoms with Gasteiger partial charge >= 0.3 is 5.97 Å². The van der Waals surface area contributed by atoms with Gasteiger partial charge in [-0.25, -0.2) is 9.18 Å². The Morgan fingerprint density at radius 3 is 2.45 bits per heavy atom. The summed E-state index contributed by atoms with van der Waals surface area (Å²) in [5.41, 5.74) is 5.44. The summed E-state index contributed by atoms with van der Waals surface area (Å²) in [4.78, 5) is 13.3. The molecular formula is C28H26FNO3. The Morgan fingerprint density at radius 1 is 1.12 bits per heavy atom. The molecule has 0 radical (unpaired) electrons. The largest absolute Gasteiger partial charge is 0.478 e. The van der Waals surface area contributed by atoms with E-state index in [0.29, 0.717) is 17.2 Å². The molecule has 0 spiro atoms. The van der Waals surface area contributed by atoms with Crippen molar-refractivity contribution in [3.8, 4) is 0 Å². The van der Waals surface area contributed by atoms with Crippen molar-refractivity contribution in [3.05, 3.63) is 94.3 Å². The molecule has 0 aromatic heterocycles. The number of carbonyl (C=O) groups is 1. The molecule has 4 nitrogen and oxygen atoms in total. The summed E-state index contributed by atoms with van der Waals surface area (Å²) in [5.74, 6) is -0.753. The Balaban J connectivity index is 1.74. The van der Waals surface area contributed by atoms with E-state index < -0.39 is 11.7 Å². The third-order valence-electron chi connectivity index (χ3n) is 6.86. The highest BCUT2D eigenvalue weighted by Crippen LogP contribution is 2.53. The van der Waals surface area contributed by atoms with Crippen molar-refractivity contribution in [3.63, 3.8) is 0 Å². The van der Waals surface area contributed by atoms with Gasteiger partial charge in [0.2, 0.25) is 0 Å². The van der Waals surface area contributed by atoms with E-state index in [-0.39, 0.29) is 11.4 Å². The molecule has 1 saturated carbocycles. The van der Waals surface area contributed by atoms with Crippen LogP contribution in [-0.4, -0.2) is 23.9 Å². The highest BCUT2D eigenvalue weighted by Gasteiger charge is 2.47. The number of methoxy groups -OCH3 is 1. The summed E-state index contributed by atoms with van der Waals surface area (Å²) >= 11 is 0. The molecule has 1 N–H and O–H groups in total. The molecule has 5 rings (SSSR count). The highest BCUT2D eigenvalue weighted by atomic mass is 19.1. The zero-order valence-corrected chi connectivity index (χ0v) is 18.9. The number of aromatic carboxylic acids is 1. The number of carboxylic acid groups (broad SMARTS) is 1. The van der Waals surface area contributed by atoms with Crippen molar-refractivity contribution in [1.82, 2.24) is 0 Å². The molecule has 1 aliphatic carbocycles.